The Labute approximate surface area is 113 Å². The van der Waals surface area contributed by atoms with Gasteiger partial charge in [-0.05, 0) is 18.3 Å². The van der Waals surface area contributed by atoms with Crippen LogP contribution >= 0.6 is 12.2 Å². The molecule has 0 aliphatic heterocycles. The number of nitrogens with two attached hydrogens (primary N) is 1. The van der Waals surface area contributed by atoms with Gasteiger partial charge in [-0.15, -0.1) is 0 Å². The molecule has 0 bridgehead atoms. The topological polar surface area (TPSA) is 63.8 Å². The van der Waals surface area contributed by atoms with Crippen molar-refractivity contribution in [1.29, 1.82) is 0 Å². The molecule has 1 atom stereocenters. The van der Waals surface area contributed by atoms with Gasteiger partial charge in [0.25, 0.3) is 0 Å². The highest BCUT2D eigenvalue weighted by molar-refractivity contribution is 7.80. The third-order valence-corrected chi connectivity index (χ3v) is 3.94. The number of aromatic nitrogens is 2. The lowest BCUT2D eigenvalue weighted by atomic mass is 9.73. The summed E-state index contributed by atoms with van der Waals surface area (Å²) in [6.07, 6.45) is 8.37. The molecule has 4 nitrogen and oxygen atoms in total. The zero-order valence-corrected chi connectivity index (χ0v) is 11.8. The van der Waals surface area contributed by atoms with Crippen LogP contribution < -0.4 is 11.1 Å². The molecule has 1 heterocycles. The van der Waals surface area contributed by atoms with E-state index in [1.807, 2.05) is 0 Å². The standard InChI is InChI=1S/C13H20N4S/c1-13(2)6-4-3-5-10(13)17-11-8-15-9(7-16-11)12(14)18/h7-8,10H,3-6H2,1-2H3,(H2,14,18)(H,16,17). The first kappa shape index (κ1) is 13.2. The lowest BCUT2D eigenvalue weighted by Gasteiger charge is -2.39. The number of anilines is 1. The predicted molar refractivity (Wildman–Crippen MR) is 77.6 cm³/mol. The SMILES string of the molecule is CC1(C)CCCCC1Nc1cnc(C(N)=S)cn1. The Hall–Kier alpha value is -1.23. The van der Waals surface area contributed by atoms with Gasteiger partial charge in [-0.2, -0.15) is 0 Å². The van der Waals surface area contributed by atoms with Crippen molar-refractivity contribution in [1.82, 2.24) is 9.97 Å². The first-order valence-electron chi connectivity index (χ1n) is 6.37. The molecule has 98 valence electrons. The number of hydrogen-bond donors (Lipinski definition) is 2. The second kappa shape index (κ2) is 5.18. The van der Waals surface area contributed by atoms with E-state index in [2.05, 4.69) is 29.1 Å². The highest BCUT2D eigenvalue weighted by Crippen LogP contribution is 2.36. The predicted octanol–water partition coefficient (Wildman–Crippen LogP) is 2.49. The third kappa shape index (κ3) is 2.96. The minimum Gasteiger partial charge on any atom is -0.388 e. The van der Waals surface area contributed by atoms with E-state index in [4.69, 9.17) is 18.0 Å². The van der Waals surface area contributed by atoms with Gasteiger partial charge < -0.3 is 11.1 Å². The zero-order chi connectivity index (χ0) is 13.2. The van der Waals surface area contributed by atoms with Gasteiger partial charge in [0, 0.05) is 6.04 Å². The van der Waals surface area contributed by atoms with Gasteiger partial charge in [0.1, 0.15) is 16.5 Å². The van der Waals surface area contributed by atoms with Gasteiger partial charge in [0.15, 0.2) is 0 Å². The fourth-order valence-electron chi connectivity index (χ4n) is 2.47. The van der Waals surface area contributed by atoms with Crippen LogP contribution in [-0.2, 0) is 0 Å². The highest BCUT2D eigenvalue weighted by Gasteiger charge is 2.32. The van der Waals surface area contributed by atoms with Crippen molar-refractivity contribution in [3.63, 3.8) is 0 Å². The van der Waals surface area contributed by atoms with Crippen molar-refractivity contribution in [2.75, 3.05) is 5.32 Å². The lowest BCUT2D eigenvalue weighted by Crippen LogP contribution is -2.39. The Morgan fingerprint density at radius 3 is 2.72 bits per heavy atom. The van der Waals surface area contributed by atoms with Crippen LogP contribution in [0.2, 0.25) is 0 Å². The van der Waals surface area contributed by atoms with Crippen LogP contribution in [0.15, 0.2) is 12.4 Å². The minimum atomic E-state index is 0.284. The summed E-state index contributed by atoms with van der Waals surface area (Å²) < 4.78 is 0. The molecule has 1 aliphatic carbocycles. The van der Waals surface area contributed by atoms with E-state index in [-0.39, 0.29) is 4.99 Å². The van der Waals surface area contributed by atoms with Crippen molar-refractivity contribution in [2.45, 2.75) is 45.6 Å². The molecular formula is C13H20N4S. The van der Waals surface area contributed by atoms with E-state index < -0.39 is 0 Å². The largest absolute Gasteiger partial charge is 0.388 e. The zero-order valence-electron chi connectivity index (χ0n) is 10.9. The quantitative estimate of drug-likeness (QED) is 0.821. The minimum absolute atomic E-state index is 0.284. The van der Waals surface area contributed by atoms with E-state index >= 15 is 0 Å². The molecule has 1 saturated carbocycles. The summed E-state index contributed by atoms with van der Waals surface area (Å²) in [4.78, 5) is 8.80. The molecule has 18 heavy (non-hydrogen) atoms. The molecule has 1 fully saturated rings. The van der Waals surface area contributed by atoms with Gasteiger partial charge in [-0.1, -0.05) is 38.9 Å². The van der Waals surface area contributed by atoms with Gasteiger partial charge in [0.05, 0.1) is 12.4 Å². The van der Waals surface area contributed by atoms with E-state index in [1.54, 1.807) is 12.4 Å². The van der Waals surface area contributed by atoms with E-state index in [1.165, 1.54) is 25.7 Å². The molecule has 3 N–H and O–H groups in total. The van der Waals surface area contributed by atoms with Crippen LogP contribution in [0.5, 0.6) is 0 Å². The summed E-state index contributed by atoms with van der Waals surface area (Å²) in [6.45, 7) is 4.61. The van der Waals surface area contributed by atoms with Gasteiger partial charge >= 0.3 is 0 Å². The van der Waals surface area contributed by atoms with Crippen molar-refractivity contribution in [3.8, 4) is 0 Å². The second-order valence-electron chi connectivity index (χ2n) is 5.58. The van der Waals surface area contributed by atoms with Gasteiger partial charge in [-0.3, -0.25) is 0 Å². The summed E-state index contributed by atoms with van der Waals surface area (Å²) in [6, 6.07) is 0.455. The van der Waals surface area contributed by atoms with Crippen LogP contribution in [0, 0.1) is 5.41 Å². The van der Waals surface area contributed by atoms with Gasteiger partial charge in [0.2, 0.25) is 0 Å². The maximum Gasteiger partial charge on any atom is 0.144 e. The van der Waals surface area contributed by atoms with Crippen LogP contribution in [0.25, 0.3) is 0 Å². The molecule has 0 saturated heterocycles. The molecule has 0 aromatic carbocycles. The van der Waals surface area contributed by atoms with Crippen molar-refractivity contribution in [3.05, 3.63) is 18.1 Å². The first-order valence-corrected chi connectivity index (χ1v) is 6.78. The average molecular weight is 264 g/mol. The summed E-state index contributed by atoms with van der Waals surface area (Å²) in [5, 5.41) is 3.48. The molecule has 0 spiro atoms. The molecule has 5 heteroatoms. The van der Waals surface area contributed by atoms with Crippen LogP contribution in [0.4, 0.5) is 5.82 Å². The number of nitrogens with zero attached hydrogens (tertiary/aromatic N) is 2. The normalized spacial score (nSPS) is 22.4. The van der Waals surface area contributed by atoms with E-state index in [0.29, 0.717) is 17.2 Å². The van der Waals surface area contributed by atoms with E-state index in [9.17, 15) is 0 Å². The molecular weight excluding hydrogens is 244 g/mol. The molecule has 2 rings (SSSR count). The summed E-state index contributed by atoms with van der Waals surface area (Å²) >= 11 is 4.86. The maximum atomic E-state index is 5.50. The summed E-state index contributed by atoms with van der Waals surface area (Å²) in [7, 11) is 0. The fraction of sp³-hybridized carbons (Fsp3) is 0.615. The van der Waals surface area contributed by atoms with Crippen molar-refractivity contribution in [2.24, 2.45) is 11.1 Å². The van der Waals surface area contributed by atoms with E-state index in [0.717, 1.165) is 5.82 Å². The molecule has 1 aliphatic rings. The Kier molecular flexibility index (Phi) is 3.80. The van der Waals surface area contributed by atoms with Crippen LogP contribution in [-0.4, -0.2) is 21.0 Å². The Morgan fingerprint density at radius 2 is 2.17 bits per heavy atom. The Balaban J connectivity index is 2.06. The number of thiocarbonyl (C=S) groups is 1. The molecule has 1 unspecified atom stereocenters. The number of hydrogen-bond acceptors (Lipinski definition) is 4. The summed E-state index contributed by atoms with van der Waals surface area (Å²) in [5.41, 5.74) is 6.38. The number of rotatable bonds is 3. The smallest absolute Gasteiger partial charge is 0.144 e. The number of nitrogens with one attached hydrogen (secondary N) is 1. The lowest BCUT2D eigenvalue weighted by molar-refractivity contribution is 0.216. The molecule has 0 radical (unpaired) electrons. The van der Waals surface area contributed by atoms with Crippen LogP contribution in [0.3, 0.4) is 0 Å². The fourth-order valence-corrected chi connectivity index (χ4v) is 2.58. The maximum absolute atomic E-state index is 5.50. The van der Waals surface area contributed by atoms with Crippen LogP contribution in [0.1, 0.15) is 45.2 Å². The monoisotopic (exact) mass is 264 g/mol. The Morgan fingerprint density at radius 1 is 1.39 bits per heavy atom. The highest BCUT2D eigenvalue weighted by atomic mass is 32.1. The third-order valence-electron chi connectivity index (χ3n) is 3.73. The van der Waals surface area contributed by atoms with Gasteiger partial charge in [-0.25, -0.2) is 9.97 Å². The first-order chi connectivity index (χ1) is 8.49. The molecule has 1 aromatic heterocycles. The second-order valence-corrected chi connectivity index (χ2v) is 6.02. The average Bonchev–Trinajstić information content (AvgIpc) is 2.32. The summed E-state index contributed by atoms with van der Waals surface area (Å²) in [5.74, 6) is 0.801. The molecule has 0 amide bonds. The Bertz CT molecular complexity index is 427. The van der Waals surface area contributed by atoms with Crippen molar-refractivity contribution < 1.29 is 0 Å². The molecule has 1 aromatic rings. The van der Waals surface area contributed by atoms with Crippen molar-refractivity contribution >= 4 is 23.0 Å².